The van der Waals surface area contributed by atoms with E-state index in [9.17, 15) is 5.11 Å². The molecule has 4 heteroatoms. The molecule has 0 aliphatic heterocycles. The number of hydrogen-bond acceptors (Lipinski definition) is 3. The molecule has 0 spiro atoms. The van der Waals surface area contributed by atoms with Gasteiger partial charge in [-0.25, -0.2) is 0 Å². The van der Waals surface area contributed by atoms with E-state index in [0.717, 1.165) is 35.1 Å². The maximum Gasteiger partial charge on any atom is 0.0741 e. The first-order valence-electron chi connectivity index (χ1n) is 5.66. The summed E-state index contributed by atoms with van der Waals surface area (Å²) in [6.45, 7) is 0. The number of hydrogen-bond donors (Lipinski definition) is 3. The normalized spacial score (nSPS) is 25.4. The molecule has 88 valence electrons. The van der Waals surface area contributed by atoms with E-state index in [4.69, 9.17) is 5.73 Å². The predicted molar refractivity (Wildman–Crippen MR) is 70.4 cm³/mol. The summed E-state index contributed by atoms with van der Waals surface area (Å²) in [5.41, 5.74) is 7.42. The first-order chi connectivity index (χ1) is 7.66. The zero-order chi connectivity index (χ0) is 11.5. The summed E-state index contributed by atoms with van der Waals surface area (Å²) in [5, 5.41) is 13.2. The summed E-state index contributed by atoms with van der Waals surface area (Å²) in [4.78, 5) is 0. The van der Waals surface area contributed by atoms with Crippen molar-refractivity contribution in [3.8, 4) is 0 Å². The fourth-order valence-corrected chi connectivity index (χ4v) is 2.64. The average molecular weight is 285 g/mol. The van der Waals surface area contributed by atoms with Crippen LogP contribution < -0.4 is 11.1 Å². The molecule has 0 radical (unpaired) electrons. The molecule has 0 amide bonds. The second kappa shape index (κ2) is 5.06. The van der Waals surface area contributed by atoms with Crippen LogP contribution in [0.2, 0.25) is 0 Å². The number of nitrogens with two attached hydrogens (primary N) is 1. The predicted octanol–water partition coefficient (Wildman–Crippen LogP) is 2.75. The minimum atomic E-state index is -0.238. The van der Waals surface area contributed by atoms with Crippen LogP contribution in [0.5, 0.6) is 0 Å². The van der Waals surface area contributed by atoms with Crippen molar-refractivity contribution in [1.29, 1.82) is 0 Å². The number of aliphatic hydroxyl groups is 1. The molecule has 1 aliphatic rings. The largest absolute Gasteiger partial charge is 0.399 e. The monoisotopic (exact) mass is 284 g/mol. The minimum Gasteiger partial charge on any atom is -0.399 e. The zero-order valence-electron chi connectivity index (χ0n) is 9.12. The topological polar surface area (TPSA) is 58.3 Å². The molecular formula is C12H17BrN2O. The quantitative estimate of drug-likeness (QED) is 0.732. The lowest BCUT2D eigenvalue weighted by atomic mass is 9.92. The van der Waals surface area contributed by atoms with Crippen LogP contribution >= 0.6 is 15.9 Å². The van der Waals surface area contributed by atoms with Crippen LogP contribution in [0.15, 0.2) is 22.7 Å². The number of nitrogens with one attached hydrogen (secondary N) is 1. The summed E-state index contributed by atoms with van der Waals surface area (Å²) in [6.07, 6.45) is 3.99. The molecule has 2 rings (SSSR count). The SMILES string of the molecule is Nc1ccc(NC2CCCCC2O)c(Br)c1. The van der Waals surface area contributed by atoms with E-state index in [0.29, 0.717) is 0 Å². The minimum absolute atomic E-state index is 0.161. The summed E-state index contributed by atoms with van der Waals surface area (Å²) < 4.78 is 0.949. The van der Waals surface area contributed by atoms with Crippen LogP contribution in [-0.4, -0.2) is 17.3 Å². The van der Waals surface area contributed by atoms with Gasteiger partial charge in [-0.1, -0.05) is 12.8 Å². The van der Waals surface area contributed by atoms with Crippen molar-refractivity contribution in [3.63, 3.8) is 0 Å². The van der Waals surface area contributed by atoms with Crippen molar-refractivity contribution in [2.24, 2.45) is 0 Å². The van der Waals surface area contributed by atoms with Gasteiger partial charge in [-0.3, -0.25) is 0 Å². The van der Waals surface area contributed by atoms with Gasteiger partial charge in [-0.2, -0.15) is 0 Å². The first-order valence-corrected chi connectivity index (χ1v) is 6.46. The Kier molecular flexibility index (Phi) is 3.71. The highest BCUT2D eigenvalue weighted by Crippen LogP contribution is 2.28. The fourth-order valence-electron chi connectivity index (χ4n) is 2.13. The number of nitrogen functional groups attached to an aromatic ring is 1. The molecule has 3 nitrogen and oxygen atoms in total. The van der Waals surface area contributed by atoms with Crippen molar-refractivity contribution < 1.29 is 5.11 Å². The third kappa shape index (κ3) is 2.68. The Labute approximate surface area is 104 Å². The van der Waals surface area contributed by atoms with Crippen LogP contribution in [0.1, 0.15) is 25.7 Å². The van der Waals surface area contributed by atoms with Gasteiger partial charge in [0.05, 0.1) is 12.1 Å². The smallest absolute Gasteiger partial charge is 0.0741 e. The molecule has 1 aromatic rings. The lowest BCUT2D eigenvalue weighted by molar-refractivity contribution is 0.116. The van der Waals surface area contributed by atoms with Crippen LogP contribution in [0, 0.1) is 0 Å². The second-order valence-corrected chi connectivity index (χ2v) is 5.20. The average Bonchev–Trinajstić information content (AvgIpc) is 2.25. The van der Waals surface area contributed by atoms with E-state index < -0.39 is 0 Å². The Hall–Kier alpha value is -0.740. The van der Waals surface area contributed by atoms with Gasteiger partial charge >= 0.3 is 0 Å². The molecule has 0 bridgehead atoms. The second-order valence-electron chi connectivity index (χ2n) is 4.34. The molecule has 1 aromatic carbocycles. The van der Waals surface area contributed by atoms with Crippen LogP contribution in [0.3, 0.4) is 0 Å². The standard InChI is InChI=1S/C12H17BrN2O/c13-9-7-8(14)5-6-10(9)15-11-3-1-2-4-12(11)16/h5-7,11-12,15-16H,1-4,14H2. The summed E-state index contributed by atoms with van der Waals surface area (Å²) >= 11 is 3.47. The van der Waals surface area contributed by atoms with Gasteiger partial charge in [0.15, 0.2) is 0 Å². The molecule has 1 aliphatic carbocycles. The van der Waals surface area contributed by atoms with Gasteiger partial charge in [0.25, 0.3) is 0 Å². The number of aliphatic hydroxyl groups excluding tert-OH is 1. The summed E-state index contributed by atoms with van der Waals surface area (Å²) in [6, 6.07) is 5.84. The third-order valence-electron chi connectivity index (χ3n) is 3.06. The Morgan fingerprint density at radius 1 is 1.31 bits per heavy atom. The van der Waals surface area contributed by atoms with Gasteiger partial charge < -0.3 is 16.2 Å². The molecule has 1 fully saturated rings. The molecule has 0 aromatic heterocycles. The number of anilines is 2. The Balaban J connectivity index is 2.07. The number of rotatable bonds is 2. The van der Waals surface area contributed by atoms with Crippen molar-refractivity contribution in [2.75, 3.05) is 11.1 Å². The molecule has 0 saturated heterocycles. The lowest BCUT2D eigenvalue weighted by Gasteiger charge is -2.29. The molecule has 1 saturated carbocycles. The maximum absolute atomic E-state index is 9.87. The van der Waals surface area contributed by atoms with Crippen molar-refractivity contribution in [3.05, 3.63) is 22.7 Å². The van der Waals surface area contributed by atoms with E-state index in [1.807, 2.05) is 18.2 Å². The molecule has 2 unspecified atom stereocenters. The molecule has 16 heavy (non-hydrogen) atoms. The highest BCUT2D eigenvalue weighted by Gasteiger charge is 2.23. The Morgan fingerprint density at radius 3 is 2.75 bits per heavy atom. The highest BCUT2D eigenvalue weighted by molar-refractivity contribution is 9.10. The van der Waals surface area contributed by atoms with Gasteiger partial charge in [0, 0.05) is 15.8 Å². The van der Waals surface area contributed by atoms with Crippen LogP contribution in [-0.2, 0) is 0 Å². The molecule has 2 atom stereocenters. The van der Waals surface area contributed by atoms with Crippen molar-refractivity contribution in [2.45, 2.75) is 37.8 Å². The van der Waals surface area contributed by atoms with Crippen LogP contribution in [0.4, 0.5) is 11.4 Å². The zero-order valence-corrected chi connectivity index (χ0v) is 10.7. The van der Waals surface area contributed by atoms with E-state index in [2.05, 4.69) is 21.2 Å². The van der Waals surface area contributed by atoms with E-state index in [1.165, 1.54) is 6.42 Å². The molecule has 4 N–H and O–H groups in total. The van der Waals surface area contributed by atoms with E-state index in [-0.39, 0.29) is 12.1 Å². The Bertz CT molecular complexity index is 370. The van der Waals surface area contributed by atoms with Gasteiger partial charge in [-0.05, 0) is 47.0 Å². The van der Waals surface area contributed by atoms with Gasteiger partial charge in [0.1, 0.15) is 0 Å². The van der Waals surface area contributed by atoms with Crippen LogP contribution in [0.25, 0.3) is 0 Å². The lowest BCUT2D eigenvalue weighted by Crippen LogP contribution is -2.36. The fraction of sp³-hybridized carbons (Fsp3) is 0.500. The Morgan fingerprint density at radius 2 is 2.06 bits per heavy atom. The summed E-state index contributed by atoms with van der Waals surface area (Å²) in [5.74, 6) is 0. The van der Waals surface area contributed by atoms with Gasteiger partial charge in [-0.15, -0.1) is 0 Å². The molecule has 0 heterocycles. The number of benzene rings is 1. The summed E-state index contributed by atoms with van der Waals surface area (Å²) in [7, 11) is 0. The van der Waals surface area contributed by atoms with E-state index >= 15 is 0 Å². The highest BCUT2D eigenvalue weighted by atomic mass is 79.9. The van der Waals surface area contributed by atoms with Crippen molar-refractivity contribution >= 4 is 27.3 Å². The number of halogens is 1. The maximum atomic E-state index is 9.87. The third-order valence-corrected chi connectivity index (χ3v) is 3.72. The molecular weight excluding hydrogens is 268 g/mol. The van der Waals surface area contributed by atoms with Gasteiger partial charge in [0.2, 0.25) is 0 Å². The van der Waals surface area contributed by atoms with Crippen molar-refractivity contribution in [1.82, 2.24) is 0 Å². The first kappa shape index (κ1) is 11.7. The van der Waals surface area contributed by atoms with E-state index in [1.54, 1.807) is 0 Å².